The molecule has 0 aliphatic carbocycles. The highest BCUT2D eigenvalue weighted by Crippen LogP contribution is 2.16. The smallest absolute Gasteiger partial charge is 0.271 e. The Hall–Kier alpha value is -1.62. The Kier molecular flexibility index (Phi) is 4.72. The number of nitro benzene ring substituents is 1. The van der Waals surface area contributed by atoms with E-state index < -0.39 is 4.92 Å². The van der Waals surface area contributed by atoms with Gasteiger partial charge >= 0.3 is 0 Å². The Morgan fingerprint density at radius 1 is 1.56 bits per heavy atom. The van der Waals surface area contributed by atoms with Crippen LogP contribution >= 0.6 is 0 Å². The summed E-state index contributed by atoms with van der Waals surface area (Å²) in [6, 6.07) is 6.34. The molecule has 0 heterocycles. The molecule has 1 unspecified atom stereocenters. The fourth-order valence-electron chi connectivity index (χ4n) is 1.32. The van der Waals surface area contributed by atoms with Crippen molar-refractivity contribution < 1.29 is 10.0 Å². The molecule has 0 aliphatic heterocycles. The van der Waals surface area contributed by atoms with Crippen molar-refractivity contribution in [2.75, 3.05) is 11.9 Å². The summed E-state index contributed by atoms with van der Waals surface area (Å²) in [5.41, 5.74) is 0.776. The molecular weight excluding hydrogens is 208 g/mol. The van der Waals surface area contributed by atoms with E-state index in [-0.39, 0.29) is 11.8 Å². The van der Waals surface area contributed by atoms with Gasteiger partial charge in [-0.3, -0.25) is 10.1 Å². The number of hydrogen-bond donors (Lipinski definition) is 2. The van der Waals surface area contributed by atoms with E-state index in [1.165, 1.54) is 12.1 Å². The highest BCUT2D eigenvalue weighted by molar-refractivity contribution is 5.50. The largest absolute Gasteiger partial charge is 0.393 e. The fraction of sp³-hybridized carbons (Fsp3) is 0.455. The second kappa shape index (κ2) is 6.07. The van der Waals surface area contributed by atoms with Crippen LogP contribution in [0, 0.1) is 10.1 Å². The SMILES string of the molecule is CCC(O)CCNc1cccc([N+](=O)[O-])c1. The van der Waals surface area contributed by atoms with Crippen LogP contribution in [0.25, 0.3) is 0 Å². The van der Waals surface area contributed by atoms with Gasteiger partial charge in [0.25, 0.3) is 5.69 Å². The molecule has 0 aromatic heterocycles. The first-order valence-corrected chi connectivity index (χ1v) is 5.30. The van der Waals surface area contributed by atoms with Crippen molar-refractivity contribution in [1.29, 1.82) is 0 Å². The van der Waals surface area contributed by atoms with Gasteiger partial charge in [-0.2, -0.15) is 0 Å². The zero-order valence-electron chi connectivity index (χ0n) is 9.22. The topological polar surface area (TPSA) is 75.4 Å². The molecule has 0 aliphatic rings. The van der Waals surface area contributed by atoms with Crippen LogP contribution in [0.15, 0.2) is 24.3 Å². The van der Waals surface area contributed by atoms with Gasteiger partial charge in [0, 0.05) is 24.4 Å². The van der Waals surface area contributed by atoms with E-state index >= 15 is 0 Å². The average Bonchev–Trinajstić information content (AvgIpc) is 2.29. The second-order valence-corrected chi connectivity index (χ2v) is 3.58. The maximum Gasteiger partial charge on any atom is 0.271 e. The van der Waals surface area contributed by atoms with Gasteiger partial charge in [-0.05, 0) is 18.9 Å². The van der Waals surface area contributed by atoms with E-state index in [4.69, 9.17) is 0 Å². The highest BCUT2D eigenvalue weighted by atomic mass is 16.6. The molecule has 0 amide bonds. The van der Waals surface area contributed by atoms with Crippen molar-refractivity contribution in [2.45, 2.75) is 25.9 Å². The Morgan fingerprint density at radius 3 is 2.94 bits per heavy atom. The zero-order chi connectivity index (χ0) is 12.0. The molecule has 5 nitrogen and oxygen atoms in total. The lowest BCUT2D eigenvalue weighted by Crippen LogP contribution is -2.12. The van der Waals surface area contributed by atoms with E-state index in [1.54, 1.807) is 12.1 Å². The summed E-state index contributed by atoms with van der Waals surface area (Å²) in [4.78, 5) is 10.1. The van der Waals surface area contributed by atoms with Gasteiger partial charge in [0.05, 0.1) is 11.0 Å². The predicted molar refractivity (Wildman–Crippen MR) is 62.5 cm³/mol. The third kappa shape index (κ3) is 3.86. The van der Waals surface area contributed by atoms with Crippen LogP contribution < -0.4 is 5.32 Å². The van der Waals surface area contributed by atoms with Crippen LogP contribution in [0.2, 0.25) is 0 Å². The molecule has 5 heteroatoms. The Bertz CT molecular complexity index is 355. The highest BCUT2D eigenvalue weighted by Gasteiger charge is 2.05. The molecule has 0 saturated heterocycles. The number of benzene rings is 1. The first-order chi connectivity index (χ1) is 7.63. The molecule has 2 N–H and O–H groups in total. The van der Waals surface area contributed by atoms with Crippen molar-refractivity contribution in [3.8, 4) is 0 Å². The Balaban J connectivity index is 2.48. The summed E-state index contributed by atoms with van der Waals surface area (Å²) in [7, 11) is 0. The summed E-state index contributed by atoms with van der Waals surface area (Å²) in [5, 5.41) is 22.9. The van der Waals surface area contributed by atoms with E-state index in [2.05, 4.69) is 5.32 Å². The molecule has 0 radical (unpaired) electrons. The minimum atomic E-state index is -0.425. The number of nitro groups is 1. The van der Waals surface area contributed by atoms with Crippen molar-refractivity contribution in [3.63, 3.8) is 0 Å². The number of anilines is 1. The lowest BCUT2D eigenvalue weighted by Gasteiger charge is -2.09. The second-order valence-electron chi connectivity index (χ2n) is 3.58. The van der Waals surface area contributed by atoms with Crippen molar-refractivity contribution in [2.24, 2.45) is 0 Å². The van der Waals surface area contributed by atoms with Crippen LogP contribution in [0.3, 0.4) is 0 Å². The Labute approximate surface area is 94.3 Å². The molecule has 1 rings (SSSR count). The number of non-ortho nitro benzene ring substituents is 1. The van der Waals surface area contributed by atoms with Gasteiger partial charge in [-0.15, -0.1) is 0 Å². The maximum absolute atomic E-state index is 10.5. The molecule has 1 aromatic carbocycles. The number of rotatable bonds is 6. The molecule has 1 aromatic rings. The summed E-state index contributed by atoms with van der Waals surface area (Å²) in [6.45, 7) is 2.52. The average molecular weight is 224 g/mol. The van der Waals surface area contributed by atoms with Crippen LogP contribution in [-0.4, -0.2) is 22.7 Å². The third-order valence-corrected chi connectivity index (χ3v) is 2.33. The van der Waals surface area contributed by atoms with Gasteiger partial charge in [-0.1, -0.05) is 13.0 Å². The minimum absolute atomic E-state index is 0.0704. The predicted octanol–water partition coefficient (Wildman–Crippen LogP) is 2.17. The first kappa shape index (κ1) is 12.4. The number of hydrogen-bond acceptors (Lipinski definition) is 4. The standard InChI is InChI=1S/C11H16N2O3/c1-2-11(14)6-7-12-9-4-3-5-10(8-9)13(15)16/h3-5,8,11-12,14H,2,6-7H2,1H3. The number of nitrogens with one attached hydrogen (secondary N) is 1. The first-order valence-electron chi connectivity index (χ1n) is 5.30. The quantitative estimate of drug-likeness (QED) is 0.573. The van der Waals surface area contributed by atoms with Gasteiger partial charge < -0.3 is 10.4 Å². The zero-order valence-corrected chi connectivity index (χ0v) is 9.22. The monoisotopic (exact) mass is 224 g/mol. The molecule has 0 saturated carbocycles. The van der Waals surface area contributed by atoms with E-state index in [0.29, 0.717) is 18.7 Å². The van der Waals surface area contributed by atoms with Crippen molar-refractivity contribution in [3.05, 3.63) is 34.4 Å². The van der Waals surface area contributed by atoms with Crippen LogP contribution in [-0.2, 0) is 0 Å². The van der Waals surface area contributed by atoms with Crippen LogP contribution in [0.4, 0.5) is 11.4 Å². The van der Waals surface area contributed by atoms with E-state index in [0.717, 1.165) is 6.42 Å². The number of nitrogens with zero attached hydrogens (tertiary/aromatic N) is 1. The molecule has 88 valence electrons. The number of aliphatic hydroxyl groups excluding tert-OH is 1. The van der Waals surface area contributed by atoms with Gasteiger partial charge in [-0.25, -0.2) is 0 Å². The molecule has 16 heavy (non-hydrogen) atoms. The molecule has 0 spiro atoms. The lowest BCUT2D eigenvalue weighted by molar-refractivity contribution is -0.384. The Morgan fingerprint density at radius 2 is 2.31 bits per heavy atom. The van der Waals surface area contributed by atoms with Gasteiger partial charge in [0.15, 0.2) is 0 Å². The van der Waals surface area contributed by atoms with Crippen molar-refractivity contribution >= 4 is 11.4 Å². The summed E-state index contributed by atoms with van der Waals surface area (Å²) >= 11 is 0. The summed E-state index contributed by atoms with van der Waals surface area (Å²) in [5.74, 6) is 0. The summed E-state index contributed by atoms with van der Waals surface area (Å²) in [6.07, 6.45) is 1.04. The molecule has 0 fully saturated rings. The molecule has 1 atom stereocenters. The third-order valence-electron chi connectivity index (χ3n) is 2.33. The molecular formula is C11H16N2O3. The van der Waals surface area contributed by atoms with Crippen molar-refractivity contribution in [1.82, 2.24) is 0 Å². The molecule has 0 bridgehead atoms. The fourth-order valence-corrected chi connectivity index (χ4v) is 1.32. The van der Waals surface area contributed by atoms with E-state index in [1.807, 2.05) is 6.92 Å². The summed E-state index contributed by atoms with van der Waals surface area (Å²) < 4.78 is 0. The van der Waals surface area contributed by atoms with Crippen LogP contribution in [0.1, 0.15) is 19.8 Å². The number of aliphatic hydroxyl groups is 1. The maximum atomic E-state index is 10.5. The van der Waals surface area contributed by atoms with Gasteiger partial charge in [0.2, 0.25) is 0 Å². The normalized spacial score (nSPS) is 12.1. The van der Waals surface area contributed by atoms with E-state index in [9.17, 15) is 15.2 Å². The lowest BCUT2D eigenvalue weighted by atomic mass is 10.2. The van der Waals surface area contributed by atoms with Gasteiger partial charge in [0.1, 0.15) is 0 Å². The van der Waals surface area contributed by atoms with Crippen LogP contribution in [0.5, 0.6) is 0 Å². The minimum Gasteiger partial charge on any atom is -0.393 e.